The first-order valence-electron chi connectivity index (χ1n) is 5.58. The summed E-state index contributed by atoms with van der Waals surface area (Å²) in [7, 11) is 0. The van der Waals surface area contributed by atoms with Crippen LogP contribution in [0.4, 0.5) is 0 Å². The Hall–Kier alpha value is -1.01. The third-order valence-electron chi connectivity index (χ3n) is 3.56. The van der Waals surface area contributed by atoms with Gasteiger partial charge in [-0.25, -0.2) is 0 Å². The molecule has 2 rings (SSSR count). The van der Waals surface area contributed by atoms with E-state index in [1.165, 1.54) is 0 Å². The summed E-state index contributed by atoms with van der Waals surface area (Å²) >= 11 is 5.89. The molecule has 1 heterocycles. The van der Waals surface area contributed by atoms with Crippen LogP contribution < -0.4 is 0 Å². The van der Waals surface area contributed by atoms with Crippen LogP contribution in [0.1, 0.15) is 36.2 Å². The SMILES string of the molecule is Cc1nn(CC2(CC#N)CC2)c(C)c1CCl. The molecule has 1 aliphatic carbocycles. The summed E-state index contributed by atoms with van der Waals surface area (Å²) in [5.74, 6) is 0.517. The fraction of sp³-hybridized carbons (Fsp3) is 0.667. The molecule has 0 radical (unpaired) electrons. The number of halogens is 1. The lowest BCUT2D eigenvalue weighted by atomic mass is 10.0. The maximum absolute atomic E-state index is 8.79. The van der Waals surface area contributed by atoms with E-state index in [1.807, 2.05) is 11.6 Å². The molecule has 1 aliphatic rings. The van der Waals surface area contributed by atoms with E-state index in [0.29, 0.717) is 12.3 Å². The number of hydrogen-bond acceptors (Lipinski definition) is 2. The summed E-state index contributed by atoms with van der Waals surface area (Å²) in [5, 5.41) is 13.3. The quantitative estimate of drug-likeness (QED) is 0.756. The molecule has 3 nitrogen and oxygen atoms in total. The van der Waals surface area contributed by atoms with Crippen molar-refractivity contribution >= 4 is 11.6 Å². The Balaban J connectivity index is 2.20. The minimum atomic E-state index is 0.196. The maximum Gasteiger partial charge on any atom is 0.0640 e. The molecule has 0 saturated heterocycles. The highest BCUT2D eigenvalue weighted by molar-refractivity contribution is 6.17. The van der Waals surface area contributed by atoms with Crippen LogP contribution in [0.15, 0.2) is 0 Å². The molecule has 0 aromatic carbocycles. The highest BCUT2D eigenvalue weighted by Gasteiger charge is 2.43. The van der Waals surface area contributed by atoms with Gasteiger partial charge in [-0.15, -0.1) is 11.6 Å². The van der Waals surface area contributed by atoms with Crippen molar-refractivity contribution in [2.75, 3.05) is 0 Å². The molecule has 1 aromatic heterocycles. The monoisotopic (exact) mass is 237 g/mol. The number of nitrogens with zero attached hydrogens (tertiary/aromatic N) is 3. The highest BCUT2D eigenvalue weighted by Crippen LogP contribution is 2.50. The van der Waals surface area contributed by atoms with Gasteiger partial charge in [-0.3, -0.25) is 4.68 Å². The van der Waals surface area contributed by atoms with E-state index in [0.717, 1.165) is 36.3 Å². The van der Waals surface area contributed by atoms with Gasteiger partial charge in [0.15, 0.2) is 0 Å². The Bertz CT molecular complexity index is 438. The van der Waals surface area contributed by atoms with Crippen LogP contribution in [0.2, 0.25) is 0 Å². The van der Waals surface area contributed by atoms with Gasteiger partial charge in [-0.2, -0.15) is 10.4 Å². The van der Waals surface area contributed by atoms with Crippen molar-refractivity contribution in [2.24, 2.45) is 5.41 Å². The van der Waals surface area contributed by atoms with Crippen LogP contribution in [0.25, 0.3) is 0 Å². The van der Waals surface area contributed by atoms with Crippen LogP contribution in [0.3, 0.4) is 0 Å². The second-order valence-electron chi connectivity index (χ2n) is 4.78. The molecule has 0 atom stereocenters. The lowest BCUT2D eigenvalue weighted by molar-refractivity contribution is 0.398. The Morgan fingerprint density at radius 3 is 2.62 bits per heavy atom. The van der Waals surface area contributed by atoms with Crippen molar-refractivity contribution < 1.29 is 0 Å². The van der Waals surface area contributed by atoms with Gasteiger partial charge in [0.2, 0.25) is 0 Å². The van der Waals surface area contributed by atoms with E-state index in [2.05, 4.69) is 18.1 Å². The van der Waals surface area contributed by atoms with E-state index in [9.17, 15) is 0 Å². The molecule has 86 valence electrons. The van der Waals surface area contributed by atoms with E-state index < -0.39 is 0 Å². The van der Waals surface area contributed by atoms with Crippen molar-refractivity contribution in [3.8, 4) is 6.07 Å². The summed E-state index contributed by atoms with van der Waals surface area (Å²) in [4.78, 5) is 0. The van der Waals surface area contributed by atoms with Crippen molar-refractivity contribution in [2.45, 2.75) is 45.5 Å². The second kappa shape index (κ2) is 4.10. The minimum Gasteiger partial charge on any atom is -0.269 e. The molecule has 16 heavy (non-hydrogen) atoms. The van der Waals surface area contributed by atoms with Gasteiger partial charge in [0.25, 0.3) is 0 Å². The number of nitriles is 1. The normalized spacial score (nSPS) is 17.1. The molecule has 4 heteroatoms. The summed E-state index contributed by atoms with van der Waals surface area (Å²) in [6, 6.07) is 2.28. The van der Waals surface area contributed by atoms with Crippen LogP contribution in [-0.2, 0) is 12.4 Å². The Labute approximate surface area is 101 Å². The molecule has 0 N–H and O–H groups in total. The topological polar surface area (TPSA) is 41.6 Å². The first-order chi connectivity index (χ1) is 7.62. The van der Waals surface area contributed by atoms with Crippen molar-refractivity contribution in [1.82, 2.24) is 9.78 Å². The molecule has 0 aliphatic heterocycles. The highest BCUT2D eigenvalue weighted by atomic mass is 35.5. The molecule has 0 spiro atoms. The van der Waals surface area contributed by atoms with Crippen molar-refractivity contribution in [1.29, 1.82) is 5.26 Å². The third kappa shape index (κ3) is 1.94. The molecule has 1 saturated carbocycles. The van der Waals surface area contributed by atoms with Crippen molar-refractivity contribution in [3.05, 3.63) is 17.0 Å². The predicted octanol–water partition coefficient (Wildman–Crippen LogP) is 2.93. The van der Waals surface area contributed by atoms with Gasteiger partial charge in [0.05, 0.1) is 17.6 Å². The number of rotatable bonds is 4. The molecule has 1 aromatic rings. The van der Waals surface area contributed by atoms with Crippen LogP contribution in [0.5, 0.6) is 0 Å². The van der Waals surface area contributed by atoms with Gasteiger partial charge in [0, 0.05) is 29.6 Å². The largest absolute Gasteiger partial charge is 0.269 e. The fourth-order valence-electron chi connectivity index (χ4n) is 2.13. The molecule has 0 amide bonds. The summed E-state index contributed by atoms with van der Waals surface area (Å²) in [6.07, 6.45) is 2.94. The Kier molecular flexibility index (Phi) is 2.94. The number of hydrogen-bond donors (Lipinski definition) is 0. The average molecular weight is 238 g/mol. The molecule has 0 bridgehead atoms. The second-order valence-corrected chi connectivity index (χ2v) is 5.04. The van der Waals surface area contributed by atoms with E-state index >= 15 is 0 Å². The summed E-state index contributed by atoms with van der Waals surface area (Å²) in [6.45, 7) is 4.91. The average Bonchev–Trinajstić information content (AvgIpc) is 2.92. The van der Waals surface area contributed by atoms with Crippen LogP contribution >= 0.6 is 11.6 Å². The molecule has 0 unspecified atom stereocenters. The summed E-state index contributed by atoms with van der Waals surface area (Å²) in [5.41, 5.74) is 3.49. The maximum atomic E-state index is 8.79. The van der Waals surface area contributed by atoms with E-state index in [1.54, 1.807) is 0 Å². The Morgan fingerprint density at radius 1 is 1.50 bits per heavy atom. The lowest BCUT2D eigenvalue weighted by Crippen LogP contribution is -2.13. The number of aromatic nitrogens is 2. The first-order valence-corrected chi connectivity index (χ1v) is 6.11. The van der Waals surface area contributed by atoms with Gasteiger partial charge in [-0.05, 0) is 26.7 Å². The standard InChI is InChI=1S/C12H16ClN3/c1-9-11(7-13)10(2)16(15-9)8-12(3-4-12)5-6-14/h3-5,7-8H2,1-2H3. The van der Waals surface area contributed by atoms with Crippen LogP contribution in [0, 0.1) is 30.6 Å². The van der Waals surface area contributed by atoms with Gasteiger partial charge < -0.3 is 0 Å². The van der Waals surface area contributed by atoms with Crippen LogP contribution in [-0.4, -0.2) is 9.78 Å². The van der Waals surface area contributed by atoms with Crippen molar-refractivity contribution in [3.63, 3.8) is 0 Å². The molecule has 1 fully saturated rings. The first kappa shape index (κ1) is 11.5. The zero-order chi connectivity index (χ0) is 11.8. The van der Waals surface area contributed by atoms with Gasteiger partial charge >= 0.3 is 0 Å². The fourth-order valence-corrected chi connectivity index (χ4v) is 2.52. The van der Waals surface area contributed by atoms with E-state index in [-0.39, 0.29) is 5.41 Å². The molecular formula is C12H16ClN3. The van der Waals surface area contributed by atoms with Gasteiger partial charge in [0.1, 0.15) is 0 Å². The zero-order valence-electron chi connectivity index (χ0n) is 9.76. The smallest absolute Gasteiger partial charge is 0.0640 e. The van der Waals surface area contributed by atoms with E-state index in [4.69, 9.17) is 16.9 Å². The lowest BCUT2D eigenvalue weighted by Gasteiger charge is -2.12. The number of aryl methyl sites for hydroxylation is 1. The Morgan fingerprint density at radius 2 is 2.19 bits per heavy atom. The zero-order valence-corrected chi connectivity index (χ0v) is 10.5. The molecular weight excluding hydrogens is 222 g/mol. The number of alkyl halides is 1. The summed E-state index contributed by atoms with van der Waals surface area (Å²) < 4.78 is 2.03. The minimum absolute atomic E-state index is 0.196. The third-order valence-corrected chi connectivity index (χ3v) is 3.83. The van der Waals surface area contributed by atoms with Gasteiger partial charge in [-0.1, -0.05) is 0 Å². The predicted molar refractivity (Wildman–Crippen MR) is 63.2 cm³/mol.